The predicted octanol–water partition coefficient (Wildman–Crippen LogP) is 2.12. The molecule has 0 bridgehead atoms. The van der Waals surface area contributed by atoms with Crippen LogP contribution in [0.15, 0.2) is 0 Å². The Morgan fingerprint density at radius 3 is 2.31 bits per heavy atom. The third-order valence-electron chi connectivity index (χ3n) is 5.66. The van der Waals surface area contributed by atoms with E-state index in [-0.39, 0.29) is 30.4 Å². The molecule has 0 aromatic heterocycles. The summed E-state index contributed by atoms with van der Waals surface area (Å²) in [6.45, 7) is 14.5. The van der Waals surface area contributed by atoms with Crippen LogP contribution < -0.4 is 0 Å². The molecule has 3 atom stereocenters. The smallest absolute Gasteiger partial charge is 0.411 e. The molecule has 0 aromatic rings. The Hall–Kier alpha value is -1.83. The van der Waals surface area contributed by atoms with E-state index in [0.717, 1.165) is 13.0 Å². The third-order valence-corrected chi connectivity index (χ3v) is 5.66. The Morgan fingerprint density at radius 2 is 1.76 bits per heavy atom. The summed E-state index contributed by atoms with van der Waals surface area (Å²) < 4.78 is 10.8. The maximum atomic E-state index is 13.0. The first-order valence-electron chi connectivity index (χ1n) is 10.8. The Kier molecular flexibility index (Phi) is 7.91. The number of likely N-dealkylation sites (tertiary alicyclic amines) is 2. The van der Waals surface area contributed by atoms with Crippen LogP contribution >= 0.6 is 0 Å². The molecule has 2 amide bonds. The van der Waals surface area contributed by atoms with Crippen LogP contribution in [0.3, 0.4) is 0 Å². The number of hydrogen-bond donors (Lipinski definition) is 0. The molecule has 8 heteroatoms. The van der Waals surface area contributed by atoms with Gasteiger partial charge in [0.25, 0.3) is 0 Å². The van der Waals surface area contributed by atoms with Gasteiger partial charge in [-0.05, 0) is 66.8 Å². The van der Waals surface area contributed by atoms with Gasteiger partial charge in [-0.15, -0.1) is 0 Å². The predicted molar refractivity (Wildman–Crippen MR) is 109 cm³/mol. The molecule has 0 saturated carbocycles. The van der Waals surface area contributed by atoms with E-state index >= 15 is 0 Å². The van der Waals surface area contributed by atoms with Crippen LogP contribution in [-0.2, 0) is 19.1 Å². The average molecular weight is 412 g/mol. The number of fused-ring (bicyclic) bond motifs is 1. The van der Waals surface area contributed by atoms with Crippen molar-refractivity contribution in [2.75, 3.05) is 39.3 Å². The number of nitrogens with zero attached hydrogens (tertiary/aromatic N) is 3. The molecule has 0 N–H and O–H groups in total. The van der Waals surface area contributed by atoms with Crippen LogP contribution in [0.25, 0.3) is 0 Å². The quantitative estimate of drug-likeness (QED) is 0.623. The van der Waals surface area contributed by atoms with E-state index in [9.17, 15) is 14.4 Å². The van der Waals surface area contributed by atoms with E-state index in [1.54, 1.807) is 11.8 Å². The molecule has 0 aromatic carbocycles. The molecule has 2 saturated heterocycles. The minimum Gasteiger partial charge on any atom is -0.464 e. The largest absolute Gasteiger partial charge is 0.464 e. The highest BCUT2D eigenvalue weighted by atomic mass is 16.6. The molecule has 0 unspecified atom stereocenters. The lowest BCUT2D eigenvalue weighted by molar-refractivity contribution is -0.149. The van der Waals surface area contributed by atoms with Crippen molar-refractivity contribution in [3.8, 4) is 0 Å². The normalized spacial score (nSPS) is 24.8. The van der Waals surface area contributed by atoms with Crippen molar-refractivity contribution in [2.45, 2.75) is 72.1 Å². The molecule has 166 valence electrons. The zero-order chi connectivity index (χ0) is 21.8. The van der Waals surface area contributed by atoms with E-state index in [2.05, 4.69) is 4.90 Å². The Balaban J connectivity index is 2.17. The minimum absolute atomic E-state index is 0.0946. The number of piperidine rings is 1. The molecule has 2 rings (SSSR count). The molecular formula is C21H37N3O5. The fourth-order valence-corrected chi connectivity index (χ4v) is 4.30. The highest BCUT2D eigenvalue weighted by Crippen LogP contribution is 2.37. The van der Waals surface area contributed by atoms with E-state index < -0.39 is 17.7 Å². The molecule has 0 spiro atoms. The number of hydrogen-bond acceptors (Lipinski definition) is 6. The van der Waals surface area contributed by atoms with E-state index in [0.29, 0.717) is 32.6 Å². The van der Waals surface area contributed by atoms with Gasteiger partial charge in [-0.2, -0.15) is 0 Å². The lowest BCUT2D eigenvalue weighted by Gasteiger charge is -2.39. The minimum atomic E-state index is -0.651. The first-order chi connectivity index (χ1) is 13.6. The van der Waals surface area contributed by atoms with Crippen LogP contribution in [0, 0.1) is 5.92 Å². The lowest BCUT2D eigenvalue weighted by Crippen LogP contribution is -2.55. The maximum absolute atomic E-state index is 13.0. The number of likely N-dealkylation sites (N-methyl/N-ethyl adjacent to an activating group) is 1. The second-order valence-corrected chi connectivity index (χ2v) is 8.81. The van der Waals surface area contributed by atoms with Crippen molar-refractivity contribution in [1.29, 1.82) is 0 Å². The van der Waals surface area contributed by atoms with E-state index in [1.165, 1.54) is 0 Å². The molecule has 2 aliphatic heterocycles. The Labute approximate surface area is 174 Å². The summed E-state index contributed by atoms with van der Waals surface area (Å²) in [6.07, 6.45) is 0.936. The van der Waals surface area contributed by atoms with Gasteiger partial charge in [0.15, 0.2) is 0 Å². The summed E-state index contributed by atoms with van der Waals surface area (Å²) in [5.74, 6) is -0.0764. The first kappa shape index (κ1) is 23.4. The number of amides is 2. The molecule has 8 nitrogen and oxygen atoms in total. The average Bonchev–Trinajstić information content (AvgIpc) is 3.00. The van der Waals surface area contributed by atoms with Crippen molar-refractivity contribution in [1.82, 2.24) is 14.7 Å². The van der Waals surface area contributed by atoms with Gasteiger partial charge in [-0.1, -0.05) is 0 Å². The van der Waals surface area contributed by atoms with Crippen LogP contribution in [0.4, 0.5) is 4.79 Å². The van der Waals surface area contributed by atoms with Gasteiger partial charge in [-0.25, -0.2) is 9.59 Å². The number of esters is 1. The molecular weight excluding hydrogens is 374 g/mol. The molecule has 29 heavy (non-hydrogen) atoms. The van der Waals surface area contributed by atoms with Crippen LogP contribution in [0.1, 0.15) is 54.4 Å². The molecule has 2 fully saturated rings. The standard InChI is InChI=1S/C21H37N3O5/c1-7-23(8-2)18(25)14-22-11-10-15-12-16(19(26)28-9-3)24(17(15)13-22)20(27)29-21(4,5)6/h15-17H,7-14H2,1-6H3/t15-,16-,17-/m0/s1. The van der Waals surface area contributed by atoms with Crippen molar-refractivity contribution in [2.24, 2.45) is 5.92 Å². The summed E-state index contributed by atoms with van der Waals surface area (Å²) >= 11 is 0. The summed E-state index contributed by atoms with van der Waals surface area (Å²) in [7, 11) is 0. The molecule has 0 aliphatic carbocycles. The van der Waals surface area contributed by atoms with Gasteiger partial charge in [0.1, 0.15) is 11.6 Å². The van der Waals surface area contributed by atoms with Gasteiger partial charge in [0, 0.05) is 19.6 Å². The van der Waals surface area contributed by atoms with E-state index in [1.807, 2.05) is 39.5 Å². The topological polar surface area (TPSA) is 79.4 Å². The number of carbonyl (C=O) groups is 3. The fraction of sp³-hybridized carbons (Fsp3) is 0.857. The second kappa shape index (κ2) is 9.78. The zero-order valence-corrected chi connectivity index (χ0v) is 18.8. The fourth-order valence-electron chi connectivity index (χ4n) is 4.30. The van der Waals surface area contributed by atoms with Gasteiger partial charge >= 0.3 is 12.1 Å². The van der Waals surface area contributed by atoms with Gasteiger partial charge in [-0.3, -0.25) is 14.6 Å². The van der Waals surface area contributed by atoms with Crippen molar-refractivity contribution in [3.05, 3.63) is 0 Å². The number of rotatable bonds is 6. The summed E-state index contributed by atoms with van der Waals surface area (Å²) in [5, 5.41) is 0. The van der Waals surface area contributed by atoms with Crippen molar-refractivity contribution in [3.63, 3.8) is 0 Å². The summed E-state index contributed by atoms with van der Waals surface area (Å²) in [5.41, 5.74) is -0.651. The highest BCUT2D eigenvalue weighted by Gasteiger charge is 2.50. The summed E-state index contributed by atoms with van der Waals surface area (Å²) in [4.78, 5) is 43.5. The molecule has 2 aliphatic rings. The number of carbonyl (C=O) groups excluding carboxylic acids is 3. The summed E-state index contributed by atoms with van der Waals surface area (Å²) in [6, 6.07) is -0.782. The maximum Gasteiger partial charge on any atom is 0.411 e. The number of ether oxygens (including phenoxy) is 2. The van der Waals surface area contributed by atoms with E-state index in [4.69, 9.17) is 9.47 Å². The Morgan fingerprint density at radius 1 is 1.10 bits per heavy atom. The SMILES string of the molecule is CCOC(=O)[C@@H]1C[C@@H]2CCN(CC(=O)N(CC)CC)C[C@@H]2N1C(=O)OC(C)(C)C. The second-order valence-electron chi connectivity index (χ2n) is 8.81. The van der Waals surface area contributed by atoms with Crippen LogP contribution in [-0.4, -0.2) is 89.7 Å². The Bertz CT molecular complexity index is 600. The van der Waals surface area contributed by atoms with Crippen LogP contribution in [0.2, 0.25) is 0 Å². The zero-order valence-electron chi connectivity index (χ0n) is 18.8. The monoisotopic (exact) mass is 411 g/mol. The van der Waals surface area contributed by atoms with Crippen molar-refractivity contribution >= 4 is 18.0 Å². The first-order valence-corrected chi connectivity index (χ1v) is 10.8. The van der Waals surface area contributed by atoms with Crippen molar-refractivity contribution < 1.29 is 23.9 Å². The van der Waals surface area contributed by atoms with Crippen LogP contribution in [0.5, 0.6) is 0 Å². The third kappa shape index (κ3) is 5.84. The van der Waals surface area contributed by atoms with Gasteiger partial charge in [0.2, 0.25) is 5.91 Å². The highest BCUT2D eigenvalue weighted by molar-refractivity contribution is 5.83. The van der Waals surface area contributed by atoms with Gasteiger partial charge < -0.3 is 14.4 Å². The van der Waals surface area contributed by atoms with Gasteiger partial charge in [0.05, 0.1) is 19.2 Å². The molecule has 2 heterocycles. The lowest BCUT2D eigenvalue weighted by atomic mass is 9.91. The molecule has 0 radical (unpaired) electrons.